The number of morpholine rings is 1. The number of benzene rings is 2. The number of imidazole rings is 1. The number of hydrogen-bond acceptors (Lipinski definition) is 5. The molecule has 0 radical (unpaired) electrons. The summed E-state index contributed by atoms with van der Waals surface area (Å²) in [6.45, 7) is 3.83. The van der Waals surface area contributed by atoms with E-state index >= 15 is 0 Å². The molecule has 2 saturated heterocycles. The van der Waals surface area contributed by atoms with Crippen LogP contribution in [0, 0.1) is 0 Å². The van der Waals surface area contributed by atoms with Crippen LogP contribution in [0.25, 0.3) is 11.0 Å². The Bertz CT molecular complexity index is 1370. The number of fused-ring (bicyclic) bond motifs is 7. The van der Waals surface area contributed by atoms with Crippen LogP contribution in [-0.4, -0.2) is 64.0 Å². The third-order valence-electron chi connectivity index (χ3n) is 7.49. The highest BCUT2D eigenvalue weighted by atomic mass is 16.5. The molecule has 1 aromatic heterocycles. The molecule has 0 saturated carbocycles. The van der Waals surface area contributed by atoms with Gasteiger partial charge in [0.05, 0.1) is 35.3 Å². The highest BCUT2D eigenvalue weighted by Crippen LogP contribution is 2.34. The molecule has 4 heterocycles. The Morgan fingerprint density at radius 1 is 1.08 bits per heavy atom. The van der Waals surface area contributed by atoms with Crippen LogP contribution >= 0.6 is 0 Å². The number of rotatable bonds is 1. The normalized spacial score (nSPS) is 24.2. The number of ether oxygens (including phenoxy) is 1. The van der Waals surface area contributed by atoms with E-state index in [2.05, 4.69) is 17.6 Å². The van der Waals surface area contributed by atoms with Crippen molar-refractivity contribution in [2.24, 2.45) is 0 Å². The van der Waals surface area contributed by atoms with Gasteiger partial charge >= 0.3 is 0 Å². The highest BCUT2D eigenvalue weighted by molar-refractivity contribution is 6.08. The van der Waals surface area contributed by atoms with Gasteiger partial charge in [0.2, 0.25) is 5.95 Å². The maximum atomic E-state index is 13.7. The smallest absolute Gasteiger partial charge is 0.257 e. The number of aromatic nitrogens is 2. The highest BCUT2D eigenvalue weighted by Gasteiger charge is 2.42. The van der Waals surface area contributed by atoms with Crippen LogP contribution in [0.3, 0.4) is 0 Å². The standard InChI is InChI=1S/C27H29N5O4/c1-16-6-2-3-11-28-24(33)17-7-4-8-18(12-17)25(34)30-27-29-22-10-5-9-21(23(22)32(16)27)26(35)31-14-20-13-19(31)15-36-20/h4-5,7-10,12,16,19-20H,2-3,6,11,13-15H2,1H3,(H,28,33)(H,29,30,34)/t16-,19+,20+/m0/s1. The van der Waals surface area contributed by atoms with Crippen molar-refractivity contribution in [3.63, 3.8) is 0 Å². The van der Waals surface area contributed by atoms with E-state index in [1.807, 2.05) is 27.7 Å². The lowest BCUT2D eigenvalue weighted by Gasteiger charge is -2.27. The van der Waals surface area contributed by atoms with Gasteiger partial charge in [-0.2, -0.15) is 0 Å². The maximum Gasteiger partial charge on any atom is 0.257 e. The van der Waals surface area contributed by atoms with Gasteiger partial charge < -0.3 is 19.5 Å². The number of nitrogens with zero attached hydrogens (tertiary/aromatic N) is 3. The SMILES string of the molecule is C[C@H]1CCCCNC(=O)c2cccc(c2)C(=O)Nc2nc3cccc(C(=O)N4C[C@H]5C[C@@H]4CO5)c3n21. The molecule has 3 aromatic rings. The molecule has 4 bridgehead atoms. The summed E-state index contributed by atoms with van der Waals surface area (Å²) in [5, 5.41) is 5.89. The predicted molar refractivity (Wildman–Crippen MR) is 134 cm³/mol. The molecule has 3 aliphatic rings. The summed E-state index contributed by atoms with van der Waals surface area (Å²) in [5.74, 6) is -0.160. The summed E-state index contributed by atoms with van der Waals surface area (Å²) < 4.78 is 7.70. The molecule has 6 rings (SSSR count). The maximum absolute atomic E-state index is 13.7. The zero-order chi connectivity index (χ0) is 24.8. The molecule has 0 aliphatic carbocycles. The zero-order valence-corrected chi connectivity index (χ0v) is 20.2. The van der Waals surface area contributed by atoms with Gasteiger partial charge in [0.1, 0.15) is 0 Å². The Morgan fingerprint density at radius 2 is 1.89 bits per heavy atom. The van der Waals surface area contributed by atoms with Crippen LogP contribution in [0.1, 0.15) is 69.7 Å². The average molecular weight is 488 g/mol. The van der Waals surface area contributed by atoms with Gasteiger partial charge in [-0.25, -0.2) is 4.98 Å². The van der Waals surface area contributed by atoms with E-state index in [0.29, 0.717) is 47.9 Å². The van der Waals surface area contributed by atoms with Gasteiger partial charge in [-0.1, -0.05) is 12.1 Å². The second-order valence-electron chi connectivity index (χ2n) is 9.92. The summed E-state index contributed by atoms with van der Waals surface area (Å²) >= 11 is 0. The minimum absolute atomic E-state index is 0.0209. The average Bonchev–Trinajstić information content (AvgIpc) is 3.61. The van der Waals surface area contributed by atoms with E-state index in [1.165, 1.54) is 0 Å². The van der Waals surface area contributed by atoms with Crippen molar-refractivity contribution in [3.8, 4) is 0 Å². The summed E-state index contributed by atoms with van der Waals surface area (Å²) in [5.41, 5.74) is 2.81. The molecule has 2 aromatic carbocycles. The van der Waals surface area contributed by atoms with Gasteiger partial charge in [0.25, 0.3) is 17.7 Å². The Hall–Kier alpha value is -3.72. The van der Waals surface area contributed by atoms with Crippen LogP contribution in [0.2, 0.25) is 0 Å². The summed E-state index contributed by atoms with van der Waals surface area (Å²) in [7, 11) is 0. The minimum Gasteiger partial charge on any atom is -0.374 e. The summed E-state index contributed by atoms with van der Waals surface area (Å²) in [4.78, 5) is 46.1. The molecular formula is C27H29N5O4. The Kier molecular flexibility index (Phi) is 5.72. The van der Waals surface area contributed by atoms with Crippen molar-refractivity contribution in [2.75, 3.05) is 25.0 Å². The van der Waals surface area contributed by atoms with Crippen LogP contribution < -0.4 is 10.6 Å². The molecule has 3 atom stereocenters. The van der Waals surface area contributed by atoms with Crippen molar-refractivity contribution < 1.29 is 19.1 Å². The predicted octanol–water partition coefficient (Wildman–Crippen LogP) is 3.38. The Balaban J connectivity index is 1.43. The van der Waals surface area contributed by atoms with E-state index in [9.17, 15) is 14.4 Å². The van der Waals surface area contributed by atoms with Crippen molar-refractivity contribution >= 4 is 34.7 Å². The summed E-state index contributed by atoms with van der Waals surface area (Å²) in [6.07, 6.45) is 3.51. The molecule has 3 aliphatic heterocycles. The van der Waals surface area contributed by atoms with E-state index in [-0.39, 0.29) is 35.9 Å². The van der Waals surface area contributed by atoms with Crippen LogP contribution in [0.4, 0.5) is 5.95 Å². The van der Waals surface area contributed by atoms with E-state index < -0.39 is 0 Å². The van der Waals surface area contributed by atoms with Crippen molar-refractivity contribution in [1.82, 2.24) is 19.8 Å². The van der Waals surface area contributed by atoms with Crippen LogP contribution in [0.5, 0.6) is 0 Å². The number of nitrogens with one attached hydrogen (secondary N) is 2. The fraction of sp³-hybridized carbons (Fsp3) is 0.407. The first-order valence-corrected chi connectivity index (χ1v) is 12.6. The van der Waals surface area contributed by atoms with Gasteiger partial charge in [-0.05, 0) is 62.9 Å². The zero-order valence-electron chi connectivity index (χ0n) is 20.2. The largest absolute Gasteiger partial charge is 0.374 e. The number of amides is 3. The van der Waals surface area contributed by atoms with E-state index in [4.69, 9.17) is 9.72 Å². The lowest BCUT2D eigenvalue weighted by Crippen LogP contribution is -2.41. The number of likely N-dealkylation sites (tertiary alicyclic amines) is 1. The lowest BCUT2D eigenvalue weighted by atomic mass is 10.1. The Morgan fingerprint density at radius 3 is 2.67 bits per heavy atom. The Labute approximate surface area is 208 Å². The first-order valence-electron chi connectivity index (χ1n) is 12.6. The van der Waals surface area contributed by atoms with Gasteiger partial charge in [0.15, 0.2) is 0 Å². The topological polar surface area (TPSA) is 106 Å². The molecule has 186 valence electrons. The fourth-order valence-corrected chi connectivity index (χ4v) is 5.61. The quantitative estimate of drug-likeness (QED) is 0.548. The van der Waals surface area contributed by atoms with Crippen LogP contribution in [0.15, 0.2) is 42.5 Å². The first kappa shape index (κ1) is 22.7. The number of anilines is 1. The molecular weight excluding hydrogens is 458 g/mol. The molecule has 2 N–H and O–H groups in total. The molecule has 9 nitrogen and oxygen atoms in total. The number of hydrogen-bond donors (Lipinski definition) is 2. The molecule has 36 heavy (non-hydrogen) atoms. The van der Waals surface area contributed by atoms with Crippen molar-refractivity contribution in [2.45, 2.75) is 50.8 Å². The van der Waals surface area contributed by atoms with Gasteiger partial charge in [-0.15, -0.1) is 0 Å². The van der Waals surface area contributed by atoms with Gasteiger partial charge in [0, 0.05) is 30.3 Å². The molecule has 9 heteroatoms. The molecule has 0 spiro atoms. The second-order valence-corrected chi connectivity index (χ2v) is 9.92. The van der Waals surface area contributed by atoms with Crippen LogP contribution in [-0.2, 0) is 4.74 Å². The monoisotopic (exact) mass is 487 g/mol. The van der Waals surface area contributed by atoms with Crippen molar-refractivity contribution in [1.29, 1.82) is 0 Å². The number of carbonyl (C=O) groups excluding carboxylic acids is 3. The minimum atomic E-state index is -0.354. The van der Waals surface area contributed by atoms with E-state index in [0.717, 1.165) is 31.2 Å². The number of para-hydroxylation sites is 1. The molecule has 3 amide bonds. The summed E-state index contributed by atoms with van der Waals surface area (Å²) in [6, 6.07) is 12.3. The number of carbonyl (C=O) groups is 3. The third kappa shape index (κ3) is 3.93. The molecule has 0 unspecified atom stereocenters. The fourth-order valence-electron chi connectivity index (χ4n) is 5.61. The first-order chi connectivity index (χ1) is 17.5. The van der Waals surface area contributed by atoms with Gasteiger partial charge in [-0.3, -0.25) is 19.7 Å². The lowest BCUT2D eigenvalue weighted by molar-refractivity contribution is 0.0260. The third-order valence-corrected chi connectivity index (χ3v) is 7.49. The van der Waals surface area contributed by atoms with E-state index in [1.54, 1.807) is 24.3 Å². The second kappa shape index (κ2) is 9.05. The van der Waals surface area contributed by atoms with Crippen molar-refractivity contribution in [3.05, 3.63) is 59.2 Å². The molecule has 2 fully saturated rings.